The molecule has 2 rings (SSSR count). The van der Waals surface area contributed by atoms with Gasteiger partial charge >= 0.3 is 0 Å². The average molecular weight is 394 g/mol. The second-order valence-corrected chi connectivity index (χ2v) is 6.39. The van der Waals surface area contributed by atoms with E-state index in [9.17, 15) is 4.79 Å². The van der Waals surface area contributed by atoms with E-state index >= 15 is 0 Å². The molecule has 0 aliphatic rings. The molecule has 0 saturated heterocycles. The van der Waals surface area contributed by atoms with Gasteiger partial charge < -0.3 is 11.1 Å². The van der Waals surface area contributed by atoms with Crippen molar-refractivity contribution >= 4 is 48.1 Å². The van der Waals surface area contributed by atoms with Crippen LogP contribution >= 0.6 is 36.6 Å². The first-order chi connectivity index (χ1) is 10.6. The highest BCUT2D eigenvalue weighted by Gasteiger charge is 2.20. The SMILES string of the molecule is CSCCC(NC(=O)CCC(C)N)c1nnc2ccccn12.Cl.Cl. The van der Waals surface area contributed by atoms with Crippen LogP contribution in [0.2, 0.25) is 0 Å². The first kappa shape index (κ1) is 23.0. The van der Waals surface area contributed by atoms with Crippen LogP contribution in [0, 0.1) is 0 Å². The molecule has 0 aromatic carbocycles. The lowest BCUT2D eigenvalue weighted by Gasteiger charge is -2.17. The Bertz CT molecular complexity index is 623. The van der Waals surface area contributed by atoms with E-state index in [1.54, 1.807) is 11.8 Å². The van der Waals surface area contributed by atoms with E-state index in [0.717, 1.165) is 23.6 Å². The van der Waals surface area contributed by atoms with E-state index in [1.807, 2.05) is 35.7 Å². The monoisotopic (exact) mass is 393 g/mol. The molecule has 9 heteroatoms. The molecule has 2 atom stereocenters. The van der Waals surface area contributed by atoms with Gasteiger partial charge in [-0.3, -0.25) is 9.20 Å². The summed E-state index contributed by atoms with van der Waals surface area (Å²) in [5.41, 5.74) is 6.50. The maximum Gasteiger partial charge on any atom is 0.220 e. The van der Waals surface area contributed by atoms with Gasteiger partial charge in [0.15, 0.2) is 11.5 Å². The molecule has 0 saturated carbocycles. The maximum atomic E-state index is 12.1. The molecule has 2 unspecified atom stereocenters. The summed E-state index contributed by atoms with van der Waals surface area (Å²) in [7, 11) is 0. The number of hydrogen-bond acceptors (Lipinski definition) is 5. The number of rotatable bonds is 8. The number of carbonyl (C=O) groups is 1. The molecule has 0 bridgehead atoms. The molecule has 6 nitrogen and oxygen atoms in total. The van der Waals surface area contributed by atoms with Gasteiger partial charge in [-0.15, -0.1) is 35.0 Å². The Morgan fingerprint density at radius 1 is 1.33 bits per heavy atom. The largest absolute Gasteiger partial charge is 0.346 e. The number of fused-ring (bicyclic) bond motifs is 1. The van der Waals surface area contributed by atoms with E-state index in [2.05, 4.69) is 21.8 Å². The first-order valence-corrected chi connectivity index (χ1v) is 8.84. The number of pyridine rings is 1. The predicted octanol–water partition coefficient (Wildman–Crippen LogP) is 2.61. The van der Waals surface area contributed by atoms with Crippen molar-refractivity contribution in [2.75, 3.05) is 12.0 Å². The van der Waals surface area contributed by atoms with Gasteiger partial charge in [-0.05, 0) is 43.9 Å². The highest BCUT2D eigenvalue weighted by molar-refractivity contribution is 7.98. The minimum atomic E-state index is -0.134. The molecule has 2 aromatic rings. The number of nitrogens with two attached hydrogens (primary N) is 1. The normalized spacial score (nSPS) is 12.8. The lowest BCUT2D eigenvalue weighted by atomic mass is 10.1. The molecule has 3 N–H and O–H groups in total. The molecular formula is C15H25Cl2N5OS. The van der Waals surface area contributed by atoms with Crippen molar-refractivity contribution in [2.24, 2.45) is 5.73 Å². The van der Waals surface area contributed by atoms with Crippen LogP contribution in [-0.2, 0) is 4.79 Å². The molecule has 136 valence electrons. The van der Waals surface area contributed by atoms with Crippen LogP contribution < -0.4 is 11.1 Å². The minimum absolute atomic E-state index is 0. The number of nitrogens with zero attached hydrogens (tertiary/aromatic N) is 3. The topological polar surface area (TPSA) is 85.3 Å². The summed E-state index contributed by atoms with van der Waals surface area (Å²) in [6.07, 6.45) is 5.91. The van der Waals surface area contributed by atoms with E-state index < -0.39 is 0 Å². The molecule has 0 aliphatic carbocycles. The van der Waals surface area contributed by atoms with Crippen molar-refractivity contribution in [1.29, 1.82) is 0 Å². The summed E-state index contributed by atoms with van der Waals surface area (Å²) < 4.78 is 1.93. The number of amides is 1. The minimum Gasteiger partial charge on any atom is -0.346 e. The van der Waals surface area contributed by atoms with Crippen LogP contribution in [0.4, 0.5) is 0 Å². The van der Waals surface area contributed by atoms with Crippen molar-refractivity contribution in [3.05, 3.63) is 30.2 Å². The lowest BCUT2D eigenvalue weighted by molar-refractivity contribution is -0.122. The van der Waals surface area contributed by atoms with Crippen LogP contribution in [0.3, 0.4) is 0 Å². The number of aromatic nitrogens is 3. The van der Waals surface area contributed by atoms with Gasteiger partial charge in [-0.2, -0.15) is 11.8 Å². The van der Waals surface area contributed by atoms with Gasteiger partial charge in [-0.25, -0.2) is 0 Å². The van der Waals surface area contributed by atoms with Gasteiger partial charge in [-0.1, -0.05) is 6.07 Å². The summed E-state index contributed by atoms with van der Waals surface area (Å²) in [6, 6.07) is 5.66. The van der Waals surface area contributed by atoms with Gasteiger partial charge in [0.1, 0.15) is 0 Å². The van der Waals surface area contributed by atoms with Crippen LogP contribution in [0.1, 0.15) is 38.1 Å². The van der Waals surface area contributed by atoms with Gasteiger partial charge in [0.2, 0.25) is 5.91 Å². The Balaban J connectivity index is 0.00000264. The Hall–Kier alpha value is -1.02. The summed E-state index contributed by atoms with van der Waals surface area (Å²) >= 11 is 1.75. The fourth-order valence-corrected chi connectivity index (χ4v) is 2.70. The molecule has 2 aromatic heterocycles. The van der Waals surface area contributed by atoms with Crippen molar-refractivity contribution in [3.8, 4) is 0 Å². The van der Waals surface area contributed by atoms with Crippen molar-refractivity contribution in [1.82, 2.24) is 19.9 Å². The molecule has 0 aliphatic heterocycles. The quantitative estimate of drug-likeness (QED) is 0.719. The second kappa shape index (κ2) is 11.5. The fraction of sp³-hybridized carbons (Fsp3) is 0.533. The van der Waals surface area contributed by atoms with Gasteiger partial charge in [0, 0.05) is 18.7 Å². The zero-order chi connectivity index (χ0) is 15.9. The zero-order valence-corrected chi connectivity index (χ0v) is 16.3. The van der Waals surface area contributed by atoms with E-state index in [0.29, 0.717) is 12.8 Å². The Labute approximate surface area is 159 Å². The fourth-order valence-electron chi connectivity index (χ4n) is 2.22. The van der Waals surface area contributed by atoms with Gasteiger partial charge in [0.25, 0.3) is 0 Å². The summed E-state index contributed by atoms with van der Waals surface area (Å²) in [5, 5.41) is 11.5. The molecular weight excluding hydrogens is 369 g/mol. The molecule has 0 spiro atoms. The number of hydrogen-bond donors (Lipinski definition) is 2. The summed E-state index contributed by atoms with van der Waals surface area (Å²) in [5.74, 6) is 1.73. The molecule has 0 radical (unpaired) electrons. The van der Waals surface area contributed by atoms with Crippen LogP contribution in [0.25, 0.3) is 5.65 Å². The van der Waals surface area contributed by atoms with Crippen molar-refractivity contribution in [2.45, 2.75) is 38.3 Å². The summed E-state index contributed by atoms with van der Waals surface area (Å²) in [4.78, 5) is 12.1. The molecule has 0 fully saturated rings. The third kappa shape index (κ3) is 6.47. The predicted molar refractivity (Wildman–Crippen MR) is 104 cm³/mol. The van der Waals surface area contributed by atoms with Crippen LogP contribution in [0.5, 0.6) is 0 Å². The third-order valence-corrected chi connectivity index (χ3v) is 4.07. The van der Waals surface area contributed by atoms with E-state index in [-0.39, 0.29) is 42.8 Å². The highest BCUT2D eigenvalue weighted by Crippen LogP contribution is 2.18. The lowest BCUT2D eigenvalue weighted by Crippen LogP contribution is -2.31. The number of nitrogens with one attached hydrogen (secondary N) is 1. The Morgan fingerprint density at radius 2 is 2.08 bits per heavy atom. The Morgan fingerprint density at radius 3 is 2.75 bits per heavy atom. The van der Waals surface area contributed by atoms with E-state index in [1.165, 1.54) is 0 Å². The smallest absolute Gasteiger partial charge is 0.220 e. The standard InChI is InChI=1S/C15H23N5OS.2ClH/c1-11(16)6-7-14(21)17-12(8-10-22-2)15-19-18-13-5-3-4-9-20(13)15;;/h3-5,9,11-12H,6-8,10,16H2,1-2H3,(H,17,21);2*1H. The van der Waals surface area contributed by atoms with Gasteiger partial charge in [0.05, 0.1) is 6.04 Å². The molecule has 2 heterocycles. The van der Waals surface area contributed by atoms with E-state index in [4.69, 9.17) is 5.73 Å². The number of carbonyl (C=O) groups excluding carboxylic acids is 1. The number of halogens is 2. The first-order valence-electron chi connectivity index (χ1n) is 7.45. The van der Waals surface area contributed by atoms with Crippen LogP contribution in [0.15, 0.2) is 24.4 Å². The molecule has 24 heavy (non-hydrogen) atoms. The van der Waals surface area contributed by atoms with Crippen molar-refractivity contribution in [3.63, 3.8) is 0 Å². The second-order valence-electron chi connectivity index (χ2n) is 5.40. The molecule has 1 amide bonds. The maximum absolute atomic E-state index is 12.1. The van der Waals surface area contributed by atoms with Crippen LogP contribution in [-0.4, -0.2) is 38.6 Å². The third-order valence-electron chi connectivity index (χ3n) is 3.42. The summed E-state index contributed by atoms with van der Waals surface area (Å²) in [6.45, 7) is 1.91. The van der Waals surface area contributed by atoms with Crippen molar-refractivity contribution < 1.29 is 4.79 Å². The average Bonchev–Trinajstić information content (AvgIpc) is 2.93. The highest BCUT2D eigenvalue weighted by atomic mass is 35.5. The number of thioether (sulfide) groups is 1. The zero-order valence-electron chi connectivity index (χ0n) is 13.8. The Kier molecular flexibility index (Phi) is 11.0.